The van der Waals surface area contributed by atoms with Crippen molar-refractivity contribution in [1.82, 2.24) is 14.5 Å². The zero-order valence-corrected chi connectivity index (χ0v) is 19.1. The van der Waals surface area contributed by atoms with Gasteiger partial charge in [0.15, 0.2) is 5.16 Å². The Morgan fingerprint density at radius 3 is 2.61 bits per heavy atom. The van der Waals surface area contributed by atoms with Gasteiger partial charge in [-0.3, -0.25) is 4.79 Å². The predicted octanol–water partition coefficient (Wildman–Crippen LogP) is 3.27. The number of carbonyl (C=O) groups is 3. The fourth-order valence-electron chi connectivity index (χ4n) is 3.79. The Morgan fingerprint density at radius 1 is 1.13 bits per heavy atom. The Hall–Kier alpha value is -2.55. The highest BCUT2D eigenvalue weighted by atomic mass is 32.2. The number of thioether (sulfide) groups is 1. The summed E-state index contributed by atoms with van der Waals surface area (Å²) in [4.78, 5) is 43.5. The second-order valence-electron chi connectivity index (χ2n) is 7.20. The summed E-state index contributed by atoms with van der Waals surface area (Å²) in [6.07, 6.45) is 2.44. The molecule has 0 unspecified atom stereocenters. The average molecular weight is 448 g/mol. The summed E-state index contributed by atoms with van der Waals surface area (Å²) in [6.45, 7) is 7.41. The van der Waals surface area contributed by atoms with Gasteiger partial charge in [-0.1, -0.05) is 11.8 Å². The van der Waals surface area contributed by atoms with E-state index in [-0.39, 0.29) is 23.6 Å². The molecule has 2 aromatic rings. The highest BCUT2D eigenvalue weighted by molar-refractivity contribution is 7.99. The number of carbonyl (C=O) groups excluding carboxylic acids is 3. The number of ether oxygens (including phenoxy) is 2. The molecule has 2 heterocycles. The van der Waals surface area contributed by atoms with Gasteiger partial charge in [0.2, 0.25) is 5.91 Å². The van der Waals surface area contributed by atoms with Crippen molar-refractivity contribution >= 4 is 40.6 Å². The number of amides is 1. The number of hydrogen-bond donors (Lipinski definition) is 0. The molecular formula is C22H29N3O5S. The van der Waals surface area contributed by atoms with E-state index < -0.39 is 6.04 Å². The SMILES string of the molecule is CCOC(=O)c1ccc2c(c1)nc(SCC(=O)N1CCCC[C@H]1C(=O)OCC)n2CC. The van der Waals surface area contributed by atoms with E-state index in [1.54, 1.807) is 30.9 Å². The Kier molecular flexibility index (Phi) is 7.95. The van der Waals surface area contributed by atoms with Gasteiger partial charge in [-0.05, 0) is 58.2 Å². The van der Waals surface area contributed by atoms with Crippen LogP contribution in [0.25, 0.3) is 11.0 Å². The number of benzene rings is 1. The van der Waals surface area contributed by atoms with Gasteiger partial charge in [-0.25, -0.2) is 14.6 Å². The number of piperidine rings is 1. The standard InChI is InChI=1S/C22H29N3O5S/c1-4-24-17-11-10-15(20(27)29-5-2)13-16(17)23-22(24)31-14-19(26)25-12-8-7-9-18(25)21(28)30-6-3/h10-11,13,18H,4-9,12,14H2,1-3H3/t18-/m0/s1. The lowest BCUT2D eigenvalue weighted by atomic mass is 10.0. The van der Waals surface area contributed by atoms with Crippen molar-refractivity contribution in [3.8, 4) is 0 Å². The summed E-state index contributed by atoms with van der Waals surface area (Å²) in [5.41, 5.74) is 2.03. The molecule has 168 valence electrons. The molecule has 0 saturated carbocycles. The van der Waals surface area contributed by atoms with Gasteiger partial charge in [0.1, 0.15) is 6.04 Å². The van der Waals surface area contributed by atoms with Crippen LogP contribution in [0.2, 0.25) is 0 Å². The largest absolute Gasteiger partial charge is 0.464 e. The van der Waals surface area contributed by atoms with E-state index in [1.807, 2.05) is 17.6 Å². The monoisotopic (exact) mass is 447 g/mol. The fourth-order valence-corrected chi connectivity index (χ4v) is 4.75. The second kappa shape index (κ2) is 10.7. The van der Waals surface area contributed by atoms with Crippen LogP contribution in [0, 0.1) is 0 Å². The molecule has 1 aromatic heterocycles. The number of rotatable bonds is 8. The first-order valence-electron chi connectivity index (χ1n) is 10.8. The molecule has 1 fully saturated rings. The van der Waals surface area contributed by atoms with Crippen LogP contribution in [-0.4, -0.2) is 63.8 Å². The van der Waals surface area contributed by atoms with Gasteiger partial charge in [0.25, 0.3) is 0 Å². The van der Waals surface area contributed by atoms with E-state index in [4.69, 9.17) is 9.47 Å². The van der Waals surface area contributed by atoms with Crippen LogP contribution in [0.5, 0.6) is 0 Å². The molecule has 0 spiro atoms. The first-order chi connectivity index (χ1) is 15.0. The number of esters is 2. The molecule has 31 heavy (non-hydrogen) atoms. The average Bonchev–Trinajstić information content (AvgIpc) is 3.14. The Labute approximate surface area is 186 Å². The maximum Gasteiger partial charge on any atom is 0.338 e. The minimum atomic E-state index is -0.501. The van der Waals surface area contributed by atoms with Crippen molar-refractivity contribution in [2.24, 2.45) is 0 Å². The van der Waals surface area contributed by atoms with E-state index in [2.05, 4.69) is 4.98 Å². The summed E-state index contributed by atoms with van der Waals surface area (Å²) >= 11 is 1.34. The van der Waals surface area contributed by atoms with Crippen molar-refractivity contribution in [2.75, 3.05) is 25.5 Å². The Bertz CT molecular complexity index is 958. The topological polar surface area (TPSA) is 90.7 Å². The molecule has 0 N–H and O–H groups in total. The summed E-state index contributed by atoms with van der Waals surface area (Å²) < 4.78 is 12.2. The number of hydrogen-bond acceptors (Lipinski definition) is 7. The molecule has 1 saturated heterocycles. The van der Waals surface area contributed by atoms with Gasteiger partial charge in [-0.15, -0.1) is 0 Å². The molecule has 1 amide bonds. The maximum atomic E-state index is 12.9. The molecule has 0 aliphatic carbocycles. The van der Waals surface area contributed by atoms with Crippen LogP contribution in [0.4, 0.5) is 0 Å². The van der Waals surface area contributed by atoms with Crippen LogP contribution < -0.4 is 0 Å². The molecule has 1 atom stereocenters. The van der Waals surface area contributed by atoms with Gasteiger partial charge in [0.05, 0.1) is 35.6 Å². The highest BCUT2D eigenvalue weighted by Gasteiger charge is 2.33. The second-order valence-corrected chi connectivity index (χ2v) is 8.14. The Morgan fingerprint density at radius 2 is 1.90 bits per heavy atom. The molecule has 1 aromatic carbocycles. The molecule has 0 radical (unpaired) electrons. The van der Waals surface area contributed by atoms with Gasteiger partial charge in [0, 0.05) is 13.1 Å². The summed E-state index contributed by atoms with van der Waals surface area (Å²) in [6, 6.07) is 4.79. The van der Waals surface area contributed by atoms with Crippen molar-refractivity contribution in [1.29, 1.82) is 0 Å². The van der Waals surface area contributed by atoms with E-state index in [0.29, 0.717) is 49.0 Å². The molecule has 0 bridgehead atoms. The van der Waals surface area contributed by atoms with E-state index >= 15 is 0 Å². The molecule has 3 rings (SSSR count). The third-order valence-electron chi connectivity index (χ3n) is 5.25. The molecular weight excluding hydrogens is 418 g/mol. The van der Waals surface area contributed by atoms with Crippen molar-refractivity contribution in [2.45, 2.75) is 57.8 Å². The van der Waals surface area contributed by atoms with Crippen LogP contribution in [-0.2, 0) is 25.6 Å². The number of nitrogens with zero attached hydrogens (tertiary/aromatic N) is 3. The first kappa shape index (κ1) is 23.1. The smallest absolute Gasteiger partial charge is 0.338 e. The van der Waals surface area contributed by atoms with Crippen LogP contribution in [0.15, 0.2) is 23.4 Å². The maximum absolute atomic E-state index is 12.9. The summed E-state index contributed by atoms with van der Waals surface area (Å²) in [5, 5.41) is 0.705. The van der Waals surface area contributed by atoms with Gasteiger partial charge < -0.3 is 18.9 Å². The molecule has 1 aliphatic heterocycles. The summed E-state index contributed by atoms with van der Waals surface area (Å²) in [7, 11) is 0. The van der Waals surface area contributed by atoms with Crippen molar-refractivity contribution in [3.63, 3.8) is 0 Å². The first-order valence-corrected chi connectivity index (χ1v) is 11.7. The number of fused-ring (bicyclic) bond motifs is 1. The molecule has 8 nitrogen and oxygen atoms in total. The van der Waals surface area contributed by atoms with Crippen molar-refractivity contribution in [3.05, 3.63) is 23.8 Å². The number of aryl methyl sites for hydroxylation is 1. The zero-order valence-electron chi connectivity index (χ0n) is 18.3. The van der Waals surface area contributed by atoms with E-state index in [0.717, 1.165) is 18.4 Å². The normalized spacial score (nSPS) is 16.4. The molecule has 9 heteroatoms. The van der Waals surface area contributed by atoms with Gasteiger partial charge >= 0.3 is 11.9 Å². The van der Waals surface area contributed by atoms with Gasteiger partial charge in [-0.2, -0.15) is 0 Å². The molecule has 1 aliphatic rings. The third kappa shape index (κ3) is 5.20. The zero-order chi connectivity index (χ0) is 22.4. The lowest BCUT2D eigenvalue weighted by molar-refractivity contribution is -0.155. The summed E-state index contributed by atoms with van der Waals surface area (Å²) in [5.74, 6) is -0.614. The third-order valence-corrected chi connectivity index (χ3v) is 6.21. The van der Waals surface area contributed by atoms with Crippen molar-refractivity contribution < 1.29 is 23.9 Å². The van der Waals surface area contributed by atoms with Crippen LogP contribution >= 0.6 is 11.8 Å². The minimum absolute atomic E-state index is 0.0929. The minimum Gasteiger partial charge on any atom is -0.464 e. The fraction of sp³-hybridized carbons (Fsp3) is 0.545. The predicted molar refractivity (Wildman–Crippen MR) is 118 cm³/mol. The van der Waals surface area contributed by atoms with Crippen LogP contribution in [0.1, 0.15) is 50.4 Å². The highest BCUT2D eigenvalue weighted by Crippen LogP contribution is 2.27. The number of likely N-dealkylation sites (tertiary alicyclic amines) is 1. The van der Waals surface area contributed by atoms with Crippen LogP contribution in [0.3, 0.4) is 0 Å². The van der Waals surface area contributed by atoms with E-state index in [1.165, 1.54) is 11.8 Å². The number of aromatic nitrogens is 2. The Balaban J connectivity index is 1.75. The lowest BCUT2D eigenvalue weighted by Crippen LogP contribution is -2.49. The van der Waals surface area contributed by atoms with E-state index in [9.17, 15) is 14.4 Å². The number of imidazole rings is 1. The lowest BCUT2D eigenvalue weighted by Gasteiger charge is -2.33. The quantitative estimate of drug-likeness (QED) is 0.453.